The maximum atomic E-state index is 11.7. The number of ether oxygens (including phenoxy) is 3. The van der Waals surface area contributed by atoms with Crippen LogP contribution in [-0.4, -0.2) is 36.9 Å². The molecular formula is C20H21ClN4O4. The zero-order valence-electron chi connectivity index (χ0n) is 16.3. The van der Waals surface area contributed by atoms with Crippen LogP contribution >= 0.6 is 11.6 Å². The third-order valence-electron chi connectivity index (χ3n) is 4.05. The Labute approximate surface area is 173 Å². The molecular weight excluding hydrogens is 396 g/mol. The highest BCUT2D eigenvalue weighted by Gasteiger charge is 2.12. The second-order valence-electron chi connectivity index (χ2n) is 6.03. The van der Waals surface area contributed by atoms with Crippen molar-refractivity contribution in [2.75, 3.05) is 31.5 Å². The Morgan fingerprint density at radius 3 is 2.55 bits per heavy atom. The summed E-state index contributed by atoms with van der Waals surface area (Å²) in [6, 6.07) is 8.73. The van der Waals surface area contributed by atoms with Crippen molar-refractivity contribution >= 4 is 45.8 Å². The van der Waals surface area contributed by atoms with Gasteiger partial charge in [0.2, 0.25) is 0 Å². The number of carbonyl (C=O) groups excluding carboxylic acids is 1. The fourth-order valence-electron chi connectivity index (χ4n) is 2.65. The lowest BCUT2D eigenvalue weighted by atomic mass is 10.2. The Kier molecular flexibility index (Phi) is 6.56. The number of hydrogen-bond donors (Lipinski definition) is 2. The predicted molar refractivity (Wildman–Crippen MR) is 113 cm³/mol. The number of nitrogens with one attached hydrogen (secondary N) is 2. The van der Waals surface area contributed by atoms with Crippen molar-refractivity contribution in [1.82, 2.24) is 9.97 Å². The van der Waals surface area contributed by atoms with E-state index in [-0.39, 0.29) is 0 Å². The summed E-state index contributed by atoms with van der Waals surface area (Å²) in [5.74, 6) is 1.73. The molecule has 0 atom stereocenters. The number of fused-ring (bicyclic) bond motifs is 1. The molecule has 8 nitrogen and oxygen atoms in total. The Hall–Kier alpha value is -3.26. The molecule has 0 saturated heterocycles. The first kappa shape index (κ1) is 20.5. The van der Waals surface area contributed by atoms with E-state index >= 15 is 0 Å². The molecule has 0 aliphatic heterocycles. The molecule has 0 aliphatic rings. The van der Waals surface area contributed by atoms with Gasteiger partial charge in [-0.3, -0.25) is 5.32 Å². The lowest BCUT2D eigenvalue weighted by molar-refractivity contribution is 0.161. The average molecular weight is 417 g/mol. The molecule has 1 amide bonds. The van der Waals surface area contributed by atoms with E-state index in [1.54, 1.807) is 44.6 Å². The number of benzene rings is 2. The lowest BCUT2D eigenvalue weighted by Crippen LogP contribution is -2.14. The number of anilines is 3. The molecule has 3 rings (SSSR count). The van der Waals surface area contributed by atoms with Crippen molar-refractivity contribution in [3.05, 3.63) is 41.7 Å². The molecule has 1 aromatic heterocycles. The van der Waals surface area contributed by atoms with E-state index in [4.69, 9.17) is 25.8 Å². The highest BCUT2D eigenvalue weighted by atomic mass is 35.5. The van der Waals surface area contributed by atoms with E-state index in [1.807, 2.05) is 6.92 Å². The summed E-state index contributed by atoms with van der Waals surface area (Å²) in [4.78, 5) is 20.3. The molecule has 0 saturated carbocycles. The number of amides is 1. The lowest BCUT2D eigenvalue weighted by Gasteiger charge is -2.13. The molecule has 0 spiro atoms. The maximum absolute atomic E-state index is 11.7. The van der Waals surface area contributed by atoms with Gasteiger partial charge in [0.05, 0.1) is 37.1 Å². The number of carbonyl (C=O) groups is 1. The Morgan fingerprint density at radius 2 is 1.86 bits per heavy atom. The SMILES string of the molecule is CCCOC(=O)Nc1ccc(Nc2ncnc3cc(OC)c(OC)cc23)cc1Cl. The molecule has 0 bridgehead atoms. The third-order valence-corrected chi connectivity index (χ3v) is 4.36. The fourth-order valence-corrected chi connectivity index (χ4v) is 2.88. The van der Waals surface area contributed by atoms with Crippen LogP contribution in [0, 0.1) is 0 Å². The van der Waals surface area contributed by atoms with Crippen LogP contribution in [0.25, 0.3) is 10.9 Å². The molecule has 0 fully saturated rings. The van der Waals surface area contributed by atoms with Gasteiger partial charge in [0.25, 0.3) is 0 Å². The van der Waals surface area contributed by atoms with Crippen molar-refractivity contribution in [3.8, 4) is 11.5 Å². The molecule has 2 aromatic carbocycles. The van der Waals surface area contributed by atoms with Gasteiger partial charge in [-0.15, -0.1) is 0 Å². The van der Waals surface area contributed by atoms with E-state index in [0.717, 1.165) is 11.8 Å². The van der Waals surface area contributed by atoms with Crippen LogP contribution in [0.4, 0.5) is 22.0 Å². The van der Waals surface area contributed by atoms with Gasteiger partial charge in [-0.1, -0.05) is 18.5 Å². The number of nitrogens with zero attached hydrogens (tertiary/aromatic N) is 2. The van der Waals surface area contributed by atoms with Gasteiger partial charge in [-0.2, -0.15) is 0 Å². The molecule has 0 aliphatic carbocycles. The average Bonchev–Trinajstić information content (AvgIpc) is 2.73. The van der Waals surface area contributed by atoms with Crippen molar-refractivity contribution in [2.45, 2.75) is 13.3 Å². The molecule has 29 heavy (non-hydrogen) atoms. The number of halogens is 1. The number of hydrogen-bond acceptors (Lipinski definition) is 7. The molecule has 0 radical (unpaired) electrons. The molecule has 152 valence electrons. The van der Waals surface area contributed by atoms with Gasteiger partial charge >= 0.3 is 6.09 Å². The highest BCUT2D eigenvalue weighted by molar-refractivity contribution is 6.34. The van der Waals surface area contributed by atoms with E-state index in [0.29, 0.717) is 45.8 Å². The Balaban J connectivity index is 1.85. The minimum Gasteiger partial charge on any atom is -0.493 e. The highest BCUT2D eigenvalue weighted by Crippen LogP contribution is 2.35. The zero-order chi connectivity index (χ0) is 20.8. The summed E-state index contributed by atoms with van der Waals surface area (Å²) >= 11 is 6.30. The standard InChI is InChI=1S/C20H21ClN4O4/c1-4-7-29-20(26)25-15-6-5-12(8-14(15)21)24-19-13-9-17(27-2)18(28-3)10-16(13)22-11-23-19/h5-6,8-11H,4,7H2,1-3H3,(H,25,26)(H,22,23,24). The van der Waals surface area contributed by atoms with Crippen LogP contribution in [0.15, 0.2) is 36.7 Å². The first-order valence-electron chi connectivity index (χ1n) is 8.92. The summed E-state index contributed by atoms with van der Waals surface area (Å²) < 4.78 is 15.7. The fraction of sp³-hybridized carbons (Fsp3) is 0.250. The summed E-state index contributed by atoms with van der Waals surface area (Å²) in [5, 5.41) is 6.95. The number of aromatic nitrogens is 2. The van der Waals surface area contributed by atoms with Crippen molar-refractivity contribution in [2.24, 2.45) is 0 Å². The minimum absolute atomic E-state index is 0.345. The van der Waals surface area contributed by atoms with Crippen molar-refractivity contribution < 1.29 is 19.0 Å². The smallest absolute Gasteiger partial charge is 0.411 e. The van der Waals surface area contributed by atoms with Crippen LogP contribution in [-0.2, 0) is 4.74 Å². The topological polar surface area (TPSA) is 94.6 Å². The van der Waals surface area contributed by atoms with Gasteiger partial charge in [0, 0.05) is 17.1 Å². The summed E-state index contributed by atoms with van der Waals surface area (Å²) in [6.07, 6.45) is 1.66. The van der Waals surface area contributed by atoms with Gasteiger partial charge in [0.15, 0.2) is 11.5 Å². The Morgan fingerprint density at radius 1 is 1.10 bits per heavy atom. The van der Waals surface area contributed by atoms with Gasteiger partial charge in [-0.25, -0.2) is 14.8 Å². The maximum Gasteiger partial charge on any atom is 0.411 e. The molecule has 3 aromatic rings. The molecule has 9 heteroatoms. The van der Waals surface area contributed by atoms with E-state index in [9.17, 15) is 4.79 Å². The minimum atomic E-state index is -0.544. The van der Waals surface area contributed by atoms with E-state index in [1.165, 1.54) is 6.33 Å². The summed E-state index contributed by atoms with van der Waals surface area (Å²) in [5.41, 5.74) is 1.85. The number of methoxy groups -OCH3 is 2. The molecule has 1 heterocycles. The molecule has 2 N–H and O–H groups in total. The largest absolute Gasteiger partial charge is 0.493 e. The monoisotopic (exact) mass is 416 g/mol. The summed E-state index contributed by atoms with van der Waals surface area (Å²) in [7, 11) is 3.14. The Bertz CT molecular complexity index is 1030. The second kappa shape index (κ2) is 9.29. The molecule has 0 unspecified atom stereocenters. The third kappa shape index (κ3) is 4.78. The van der Waals surface area contributed by atoms with Crippen molar-refractivity contribution in [3.63, 3.8) is 0 Å². The van der Waals surface area contributed by atoms with Gasteiger partial charge in [0.1, 0.15) is 12.1 Å². The first-order chi connectivity index (χ1) is 14.0. The van der Waals surface area contributed by atoms with Gasteiger partial charge < -0.3 is 19.5 Å². The van der Waals surface area contributed by atoms with Crippen LogP contribution < -0.4 is 20.1 Å². The van der Waals surface area contributed by atoms with Crippen LogP contribution in [0.1, 0.15) is 13.3 Å². The van der Waals surface area contributed by atoms with Gasteiger partial charge in [-0.05, 0) is 30.7 Å². The predicted octanol–water partition coefficient (Wildman–Crippen LogP) is 5.00. The number of rotatable bonds is 7. The van der Waals surface area contributed by atoms with Crippen molar-refractivity contribution in [1.29, 1.82) is 0 Å². The van der Waals surface area contributed by atoms with E-state index in [2.05, 4.69) is 20.6 Å². The van der Waals surface area contributed by atoms with Crippen LogP contribution in [0.3, 0.4) is 0 Å². The van der Waals surface area contributed by atoms with Crippen LogP contribution in [0.5, 0.6) is 11.5 Å². The van der Waals surface area contributed by atoms with Crippen LogP contribution in [0.2, 0.25) is 5.02 Å². The normalized spacial score (nSPS) is 10.5. The van der Waals surface area contributed by atoms with E-state index < -0.39 is 6.09 Å². The summed E-state index contributed by atoms with van der Waals surface area (Å²) in [6.45, 7) is 2.27. The quantitative estimate of drug-likeness (QED) is 0.559. The zero-order valence-corrected chi connectivity index (χ0v) is 17.0. The second-order valence-corrected chi connectivity index (χ2v) is 6.43. The first-order valence-corrected chi connectivity index (χ1v) is 9.30.